The van der Waals surface area contributed by atoms with Crippen molar-refractivity contribution in [1.29, 1.82) is 0 Å². The number of anilines is 1. The summed E-state index contributed by atoms with van der Waals surface area (Å²) in [5.74, 6) is -0.570. The van der Waals surface area contributed by atoms with Gasteiger partial charge in [-0.05, 0) is 19.1 Å². The fraction of sp³-hybridized carbons (Fsp3) is 0.267. The minimum atomic E-state index is -0.573. The van der Waals surface area contributed by atoms with Gasteiger partial charge in [-0.2, -0.15) is 5.10 Å². The lowest BCUT2D eigenvalue weighted by atomic mass is 10.1. The molecule has 2 heterocycles. The highest BCUT2D eigenvalue weighted by Crippen LogP contribution is 2.31. The van der Waals surface area contributed by atoms with Gasteiger partial charge in [-0.15, -0.1) is 0 Å². The van der Waals surface area contributed by atoms with E-state index in [1.165, 1.54) is 24.5 Å². The highest BCUT2D eigenvalue weighted by Gasteiger charge is 2.23. The third kappa shape index (κ3) is 2.18. The Morgan fingerprint density at radius 1 is 1.18 bits per heavy atom. The van der Waals surface area contributed by atoms with Gasteiger partial charge in [-0.1, -0.05) is 6.07 Å². The lowest BCUT2D eigenvalue weighted by Crippen LogP contribution is -2.24. The van der Waals surface area contributed by atoms with Gasteiger partial charge in [0.2, 0.25) is 0 Å². The highest BCUT2D eigenvalue weighted by molar-refractivity contribution is 5.86. The summed E-state index contributed by atoms with van der Waals surface area (Å²) in [6.45, 7) is 1.73. The molecular weight excluding hydrogens is 288 g/mol. The van der Waals surface area contributed by atoms with Crippen LogP contribution in [0.1, 0.15) is 18.5 Å². The minimum Gasteiger partial charge on any atom is -0.352 e. The number of rotatable bonds is 3. The molecule has 7 heteroatoms. The first kappa shape index (κ1) is 14.4. The molecule has 0 bridgehead atoms. The maximum absolute atomic E-state index is 14.0. The summed E-state index contributed by atoms with van der Waals surface area (Å²) in [5.41, 5.74) is 0.679. The highest BCUT2D eigenvalue weighted by atomic mass is 19.1. The maximum Gasteiger partial charge on any atom is 0.163 e. The molecule has 2 aromatic heterocycles. The molecular formula is C15H15F2N5. The number of benzene rings is 1. The normalized spacial score (nSPS) is 12.6. The first-order chi connectivity index (χ1) is 10.5. The van der Waals surface area contributed by atoms with Gasteiger partial charge >= 0.3 is 0 Å². The Kier molecular flexibility index (Phi) is 3.48. The summed E-state index contributed by atoms with van der Waals surface area (Å²) in [6.07, 6.45) is 3.06. The topological polar surface area (TPSA) is 46.8 Å². The second-order valence-electron chi connectivity index (χ2n) is 5.12. The Bertz CT molecular complexity index is 810. The van der Waals surface area contributed by atoms with E-state index >= 15 is 0 Å². The van der Waals surface area contributed by atoms with Crippen LogP contribution in [0.2, 0.25) is 0 Å². The molecule has 22 heavy (non-hydrogen) atoms. The molecule has 3 rings (SSSR count). The number of halogens is 2. The second-order valence-corrected chi connectivity index (χ2v) is 5.12. The average Bonchev–Trinajstić information content (AvgIpc) is 2.88. The largest absolute Gasteiger partial charge is 0.352 e. The zero-order valence-electron chi connectivity index (χ0n) is 12.5. The standard InChI is InChI=1S/C15H15F2N5/c1-9(13-11(16)5-4-6-12(13)17)21(2)14-10-7-20-22(3)15(10)19-8-18-14/h4-9H,1-3H3/t9-/m1/s1. The number of hydrogen-bond donors (Lipinski definition) is 0. The quantitative estimate of drug-likeness (QED) is 0.746. The summed E-state index contributed by atoms with van der Waals surface area (Å²) in [6, 6.07) is 3.33. The molecule has 1 aromatic carbocycles. The van der Waals surface area contributed by atoms with Gasteiger partial charge in [0.05, 0.1) is 17.6 Å². The number of hydrogen-bond acceptors (Lipinski definition) is 4. The Morgan fingerprint density at radius 3 is 2.55 bits per heavy atom. The molecule has 1 atom stereocenters. The Hall–Kier alpha value is -2.57. The molecule has 0 radical (unpaired) electrons. The van der Waals surface area contributed by atoms with Crippen molar-refractivity contribution in [3.63, 3.8) is 0 Å². The Balaban J connectivity index is 2.07. The van der Waals surface area contributed by atoms with Crippen molar-refractivity contribution < 1.29 is 8.78 Å². The van der Waals surface area contributed by atoms with E-state index in [1.807, 2.05) is 0 Å². The van der Waals surface area contributed by atoms with Crippen LogP contribution >= 0.6 is 0 Å². The summed E-state index contributed by atoms with van der Waals surface area (Å²) in [7, 11) is 3.52. The lowest BCUT2D eigenvalue weighted by molar-refractivity contribution is 0.529. The zero-order valence-corrected chi connectivity index (χ0v) is 12.5. The van der Waals surface area contributed by atoms with Crippen LogP contribution in [0.5, 0.6) is 0 Å². The summed E-state index contributed by atoms with van der Waals surface area (Å²) >= 11 is 0. The van der Waals surface area contributed by atoms with E-state index in [-0.39, 0.29) is 5.56 Å². The van der Waals surface area contributed by atoms with Crippen molar-refractivity contribution in [2.75, 3.05) is 11.9 Å². The fourth-order valence-corrected chi connectivity index (χ4v) is 2.52. The maximum atomic E-state index is 14.0. The number of aryl methyl sites for hydroxylation is 1. The predicted molar refractivity (Wildman–Crippen MR) is 79.5 cm³/mol. The van der Waals surface area contributed by atoms with Crippen LogP contribution in [0, 0.1) is 11.6 Å². The van der Waals surface area contributed by atoms with Crippen molar-refractivity contribution in [3.8, 4) is 0 Å². The van der Waals surface area contributed by atoms with Gasteiger partial charge in [0.1, 0.15) is 23.8 Å². The monoisotopic (exact) mass is 303 g/mol. The van der Waals surface area contributed by atoms with E-state index in [9.17, 15) is 8.78 Å². The van der Waals surface area contributed by atoms with Crippen molar-refractivity contribution in [2.45, 2.75) is 13.0 Å². The smallest absolute Gasteiger partial charge is 0.163 e. The first-order valence-corrected chi connectivity index (χ1v) is 6.80. The van der Waals surface area contributed by atoms with Gasteiger partial charge < -0.3 is 4.90 Å². The molecule has 0 unspecified atom stereocenters. The third-order valence-corrected chi connectivity index (χ3v) is 3.84. The molecule has 0 aliphatic rings. The van der Waals surface area contributed by atoms with E-state index in [4.69, 9.17) is 0 Å². The third-order valence-electron chi connectivity index (χ3n) is 3.84. The first-order valence-electron chi connectivity index (χ1n) is 6.80. The molecule has 0 amide bonds. The molecule has 114 valence electrons. The van der Waals surface area contributed by atoms with Gasteiger partial charge in [0, 0.05) is 19.7 Å². The molecule has 0 aliphatic carbocycles. The Labute approximate surface area is 126 Å². The molecule has 3 aromatic rings. The van der Waals surface area contributed by atoms with Crippen LogP contribution in [-0.2, 0) is 7.05 Å². The zero-order chi connectivity index (χ0) is 15.9. The van der Waals surface area contributed by atoms with Crippen molar-refractivity contribution in [3.05, 3.63) is 47.9 Å². The number of nitrogens with zero attached hydrogens (tertiary/aromatic N) is 5. The van der Waals surface area contributed by atoms with Crippen LogP contribution in [0.4, 0.5) is 14.6 Å². The van der Waals surface area contributed by atoms with E-state index in [0.29, 0.717) is 11.5 Å². The molecule has 0 spiro atoms. The summed E-state index contributed by atoms with van der Waals surface area (Å²) < 4.78 is 29.6. The van der Waals surface area contributed by atoms with Gasteiger partial charge in [0.15, 0.2) is 5.65 Å². The second kappa shape index (κ2) is 5.32. The van der Waals surface area contributed by atoms with Gasteiger partial charge in [0.25, 0.3) is 0 Å². The summed E-state index contributed by atoms with van der Waals surface area (Å²) in [4.78, 5) is 10.1. The number of aromatic nitrogens is 4. The van der Waals surface area contributed by atoms with Crippen LogP contribution in [-0.4, -0.2) is 26.8 Å². The van der Waals surface area contributed by atoms with Gasteiger partial charge in [-0.3, -0.25) is 4.68 Å². The molecule has 0 fully saturated rings. The van der Waals surface area contributed by atoms with E-state index < -0.39 is 17.7 Å². The SMILES string of the molecule is C[C@H](c1c(F)cccc1F)N(C)c1ncnc2c1cnn2C. The predicted octanol–water partition coefficient (Wildman–Crippen LogP) is 2.84. The molecule has 5 nitrogen and oxygen atoms in total. The van der Waals surface area contributed by atoms with Crippen molar-refractivity contribution in [1.82, 2.24) is 19.7 Å². The van der Waals surface area contributed by atoms with Gasteiger partial charge in [-0.25, -0.2) is 18.7 Å². The van der Waals surface area contributed by atoms with Crippen LogP contribution < -0.4 is 4.90 Å². The number of fused-ring (bicyclic) bond motifs is 1. The van der Waals surface area contributed by atoms with Crippen LogP contribution in [0.25, 0.3) is 11.0 Å². The molecule has 0 N–H and O–H groups in total. The van der Waals surface area contributed by atoms with Crippen LogP contribution in [0.3, 0.4) is 0 Å². The fourth-order valence-electron chi connectivity index (χ4n) is 2.52. The molecule has 0 aliphatic heterocycles. The van der Waals surface area contributed by atoms with E-state index in [1.54, 1.807) is 36.8 Å². The average molecular weight is 303 g/mol. The minimum absolute atomic E-state index is 0.0145. The van der Waals surface area contributed by atoms with E-state index in [0.717, 1.165) is 5.39 Å². The lowest BCUT2D eigenvalue weighted by Gasteiger charge is -2.27. The Morgan fingerprint density at radius 2 is 1.86 bits per heavy atom. The van der Waals surface area contributed by atoms with Crippen molar-refractivity contribution >= 4 is 16.9 Å². The molecule has 0 saturated carbocycles. The summed E-state index contributed by atoms with van der Waals surface area (Å²) in [5, 5.41) is 4.88. The van der Waals surface area contributed by atoms with Crippen LogP contribution in [0.15, 0.2) is 30.7 Å². The van der Waals surface area contributed by atoms with E-state index in [2.05, 4.69) is 15.1 Å². The molecule has 0 saturated heterocycles. The van der Waals surface area contributed by atoms with Crippen molar-refractivity contribution in [2.24, 2.45) is 7.05 Å².